The Morgan fingerprint density at radius 3 is 1.76 bits per heavy atom. The Kier molecular flexibility index (Phi) is 10.0. The van der Waals surface area contributed by atoms with Gasteiger partial charge in [0.15, 0.2) is 11.5 Å². The SMILES string of the molecule is CC(C)(C)OC(=O)COc1ccc([S+](c2ccccn2)c2ccccn2)cc1.O=S(=O)([O-])c1ccccc1. The zero-order chi connectivity index (χ0) is 27.6. The molecule has 8 nitrogen and oxygen atoms in total. The first-order chi connectivity index (χ1) is 18.0. The van der Waals surface area contributed by atoms with Crippen LogP contribution >= 0.6 is 0 Å². The van der Waals surface area contributed by atoms with Gasteiger partial charge in [-0.1, -0.05) is 30.3 Å². The van der Waals surface area contributed by atoms with Crippen molar-refractivity contribution in [1.82, 2.24) is 9.97 Å². The summed E-state index contributed by atoms with van der Waals surface area (Å²) >= 11 is 0. The number of pyridine rings is 2. The minimum absolute atomic E-state index is 0.122. The molecule has 0 saturated heterocycles. The molecule has 0 unspecified atom stereocenters. The molecule has 38 heavy (non-hydrogen) atoms. The van der Waals surface area contributed by atoms with E-state index in [0.29, 0.717) is 5.75 Å². The predicted octanol–water partition coefficient (Wildman–Crippen LogP) is 4.88. The van der Waals surface area contributed by atoms with Crippen LogP contribution in [0, 0.1) is 0 Å². The Balaban J connectivity index is 0.000000336. The van der Waals surface area contributed by atoms with Crippen LogP contribution in [-0.2, 0) is 30.5 Å². The van der Waals surface area contributed by atoms with Crippen molar-refractivity contribution < 1.29 is 27.2 Å². The molecular formula is C28H28N2O6S2. The van der Waals surface area contributed by atoms with Gasteiger partial charge in [-0.2, -0.15) is 0 Å². The van der Waals surface area contributed by atoms with Crippen LogP contribution in [0.4, 0.5) is 0 Å². The summed E-state index contributed by atoms with van der Waals surface area (Å²) in [5, 5.41) is 1.90. The lowest BCUT2D eigenvalue weighted by atomic mass is 10.2. The van der Waals surface area contributed by atoms with Crippen molar-refractivity contribution in [2.75, 3.05) is 6.61 Å². The smallest absolute Gasteiger partial charge is 0.344 e. The molecule has 198 valence electrons. The fourth-order valence-electron chi connectivity index (χ4n) is 3.06. The number of benzene rings is 2. The number of ether oxygens (including phenoxy) is 2. The number of hydrogen-bond donors (Lipinski definition) is 0. The Morgan fingerprint density at radius 1 is 0.816 bits per heavy atom. The van der Waals surface area contributed by atoms with Crippen LogP contribution < -0.4 is 4.74 Å². The molecule has 0 aliphatic heterocycles. The van der Waals surface area contributed by atoms with Crippen molar-refractivity contribution in [2.45, 2.75) is 46.2 Å². The summed E-state index contributed by atoms with van der Waals surface area (Å²) in [6.07, 6.45) is 3.58. The minimum Gasteiger partial charge on any atom is -0.744 e. The third-order valence-corrected chi connectivity index (χ3v) is 7.47. The summed E-state index contributed by atoms with van der Waals surface area (Å²) < 4.78 is 41.6. The highest BCUT2D eigenvalue weighted by atomic mass is 32.2. The van der Waals surface area contributed by atoms with E-state index in [2.05, 4.69) is 9.97 Å². The van der Waals surface area contributed by atoms with Gasteiger partial charge in [-0.25, -0.2) is 23.2 Å². The van der Waals surface area contributed by atoms with Gasteiger partial charge in [0.25, 0.3) is 10.1 Å². The Bertz CT molecular complexity index is 1360. The number of carbonyl (C=O) groups is 1. The fourth-order valence-corrected chi connectivity index (χ4v) is 5.41. The lowest BCUT2D eigenvalue weighted by molar-refractivity contribution is -0.157. The summed E-state index contributed by atoms with van der Waals surface area (Å²) in [6, 6.07) is 26.6. The second-order valence-electron chi connectivity index (χ2n) is 8.76. The van der Waals surface area contributed by atoms with E-state index in [1.165, 1.54) is 24.3 Å². The van der Waals surface area contributed by atoms with E-state index < -0.39 is 32.6 Å². The van der Waals surface area contributed by atoms with Crippen LogP contribution in [0.25, 0.3) is 0 Å². The second-order valence-corrected chi connectivity index (χ2v) is 12.1. The number of rotatable bonds is 7. The van der Waals surface area contributed by atoms with Crippen LogP contribution in [-0.4, -0.2) is 41.1 Å². The molecule has 0 aliphatic carbocycles. The highest BCUT2D eigenvalue weighted by Crippen LogP contribution is 2.29. The molecule has 0 atom stereocenters. The van der Waals surface area contributed by atoms with Gasteiger partial charge in [0.05, 0.1) is 4.90 Å². The summed E-state index contributed by atoms with van der Waals surface area (Å²) in [4.78, 5) is 21.8. The normalized spacial score (nSPS) is 11.3. The average molecular weight is 553 g/mol. The van der Waals surface area contributed by atoms with Crippen molar-refractivity contribution in [3.05, 3.63) is 103 Å². The number of aromatic nitrogens is 2. The summed E-state index contributed by atoms with van der Waals surface area (Å²) in [6.45, 7) is 5.37. The molecule has 0 saturated carbocycles. The Hall–Kier alpha value is -3.73. The standard InChI is InChI=1S/C22H23N2O3S.C6H6O3S/c1-22(2,3)27-21(25)16-26-17-10-12-18(13-11-17)28(19-8-4-6-14-23-19)20-9-5-7-15-24-20;7-10(8,9)6-4-2-1-3-5-6/h4-15H,16H2,1-3H3;1-5H,(H,7,8,9)/q+1;/p-1. The molecule has 4 rings (SSSR count). The first-order valence-corrected chi connectivity index (χ1v) is 14.2. The molecular weight excluding hydrogens is 524 g/mol. The maximum Gasteiger partial charge on any atom is 0.344 e. The molecule has 0 aliphatic rings. The summed E-state index contributed by atoms with van der Waals surface area (Å²) in [5.74, 6) is 0.221. The van der Waals surface area contributed by atoms with E-state index in [0.717, 1.165) is 14.9 Å². The van der Waals surface area contributed by atoms with Crippen LogP contribution in [0.15, 0.2) is 123 Å². The van der Waals surface area contributed by atoms with E-state index in [4.69, 9.17) is 9.47 Å². The summed E-state index contributed by atoms with van der Waals surface area (Å²) in [7, 11) is -4.67. The zero-order valence-corrected chi connectivity index (χ0v) is 22.8. The van der Waals surface area contributed by atoms with Crippen molar-refractivity contribution >= 4 is 27.0 Å². The molecule has 10 heteroatoms. The van der Waals surface area contributed by atoms with Crippen LogP contribution in [0.3, 0.4) is 0 Å². The van der Waals surface area contributed by atoms with Crippen LogP contribution in [0.2, 0.25) is 0 Å². The van der Waals surface area contributed by atoms with Gasteiger partial charge in [0.1, 0.15) is 32.4 Å². The van der Waals surface area contributed by atoms with Crippen molar-refractivity contribution in [3.8, 4) is 5.75 Å². The lowest BCUT2D eigenvalue weighted by Gasteiger charge is -2.19. The molecule has 0 spiro atoms. The first-order valence-electron chi connectivity index (χ1n) is 11.5. The highest BCUT2D eigenvalue weighted by Gasteiger charge is 2.31. The second kappa shape index (κ2) is 13.2. The van der Waals surface area contributed by atoms with E-state index in [1.54, 1.807) is 18.5 Å². The molecule has 0 amide bonds. The molecule has 0 bridgehead atoms. The topological polar surface area (TPSA) is 119 Å². The Labute approximate surface area is 225 Å². The van der Waals surface area contributed by atoms with E-state index >= 15 is 0 Å². The number of carbonyl (C=O) groups excluding carboxylic acids is 1. The molecule has 2 aromatic carbocycles. The predicted molar refractivity (Wildman–Crippen MR) is 143 cm³/mol. The molecule has 4 aromatic rings. The van der Waals surface area contributed by atoms with Gasteiger partial charge in [0, 0.05) is 24.5 Å². The van der Waals surface area contributed by atoms with Crippen molar-refractivity contribution in [3.63, 3.8) is 0 Å². The monoisotopic (exact) mass is 552 g/mol. The lowest BCUT2D eigenvalue weighted by Crippen LogP contribution is -2.27. The average Bonchev–Trinajstić information content (AvgIpc) is 2.89. The molecule has 2 heterocycles. The third kappa shape index (κ3) is 9.29. The quantitative estimate of drug-likeness (QED) is 0.181. The minimum atomic E-state index is -4.25. The van der Waals surface area contributed by atoms with Crippen molar-refractivity contribution in [1.29, 1.82) is 0 Å². The number of hydrogen-bond acceptors (Lipinski definition) is 8. The molecule has 0 fully saturated rings. The van der Waals surface area contributed by atoms with Gasteiger partial charge in [0.2, 0.25) is 0 Å². The van der Waals surface area contributed by atoms with Crippen LogP contribution in [0.5, 0.6) is 5.75 Å². The van der Waals surface area contributed by atoms with Gasteiger partial charge < -0.3 is 14.0 Å². The van der Waals surface area contributed by atoms with E-state index in [1.807, 2.05) is 81.4 Å². The summed E-state index contributed by atoms with van der Waals surface area (Å²) in [5.41, 5.74) is -0.524. The number of nitrogens with zero attached hydrogens (tertiary/aromatic N) is 2. The fraction of sp³-hybridized carbons (Fsp3) is 0.179. The van der Waals surface area contributed by atoms with E-state index in [9.17, 15) is 17.8 Å². The van der Waals surface area contributed by atoms with Crippen molar-refractivity contribution in [2.24, 2.45) is 0 Å². The van der Waals surface area contributed by atoms with Crippen LogP contribution in [0.1, 0.15) is 20.8 Å². The van der Waals surface area contributed by atoms with Gasteiger partial charge in [-0.15, -0.1) is 0 Å². The molecule has 0 radical (unpaired) electrons. The third-order valence-electron chi connectivity index (χ3n) is 4.56. The van der Waals surface area contributed by atoms with Gasteiger partial charge >= 0.3 is 5.97 Å². The van der Waals surface area contributed by atoms with Gasteiger partial charge in [-0.05, 0) is 69.3 Å². The molecule has 0 N–H and O–H groups in total. The van der Waals surface area contributed by atoms with Gasteiger partial charge in [-0.3, -0.25) is 0 Å². The Morgan fingerprint density at radius 2 is 1.34 bits per heavy atom. The maximum absolute atomic E-state index is 11.8. The molecule has 2 aromatic heterocycles. The zero-order valence-electron chi connectivity index (χ0n) is 21.2. The largest absolute Gasteiger partial charge is 0.744 e. The van der Waals surface area contributed by atoms with E-state index in [-0.39, 0.29) is 11.5 Å². The first kappa shape index (κ1) is 28.8. The maximum atomic E-state index is 11.8. The highest BCUT2D eigenvalue weighted by molar-refractivity contribution is 7.96. The number of esters is 1.